The third-order valence-corrected chi connectivity index (χ3v) is 5.37. The summed E-state index contributed by atoms with van der Waals surface area (Å²) in [6, 6.07) is 16.8. The lowest BCUT2D eigenvalue weighted by Gasteiger charge is -2.29. The van der Waals surface area contributed by atoms with Gasteiger partial charge in [-0.2, -0.15) is 0 Å². The minimum atomic E-state index is -0.0570. The molecule has 0 bridgehead atoms. The highest BCUT2D eigenvalue weighted by molar-refractivity contribution is 6.07. The van der Waals surface area contributed by atoms with E-state index in [0.29, 0.717) is 22.3 Å². The van der Waals surface area contributed by atoms with Crippen LogP contribution in [0, 0.1) is 0 Å². The van der Waals surface area contributed by atoms with Crippen LogP contribution in [-0.4, -0.2) is 43.4 Å². The van der Waals surface area contributed by atoms with E-state index in [1.54, 1.807) is 30.3 Å². The number of hydrogen-bond donors (Lipinski definition) is 1. The summed E-state index contributed by atoms with van der Waals surface area (Å²) in [5, 5.41) is 2.96. The van der Waals surface area contributed by atoms with Crippen molar-refractivity contribution >= 4 is 23.5 Å². The fraction of sp³-hybridized carbons (Fsp3) is 0.407. The fourth-order valence-electron chi connectivity index (χ4n) is 3.54. The Morgan fingerprint density at radius 3 is 2.19 bits per heavy atom. The van der Waals surface area contributed by atoms with Crippen molar-refractivity contribution < 1.29 is 14.1 Å². The molecule has 4 heteroatoms. The van der Waals surface area contributed by atoms with Gasteiger partial charge in [-0.3, -0.25) is 9.59 Å². The molecule has 1 amide bonds. The van der Waals surface area contributed by atoms with E-state index in [2.05, 4.69) is 26.3 Å². The second-order valence-electron chi connectivity index (χ2n) is 8.82. The normalized spacial score (nSPS) is 11.6. The van der Waals surface area contributed by atoms with E-state index in [4.69, 9.17) is 0 Å². The van der Waals surface area contributed by atoms with Gasteiger partial charge in [-0.05, 0) is 48.7 Å². The predicted molar refractivity (Wildman–Crippen MR) is 130 cm³/mol. The quantitative estimate of drug-likeness (QED) is 0.188. The lowest BCUT2D eigenvalue weighted by atomic mass is 10.1. The Morgan fingerprint density at radius 1 is 0.871 bits per heavy atom. The van der Waals surface area contributed by atoms with Crippen LogP contribution in [0.25, 0.3) is 6.08 Å². The van der Waals surface area contributed by atoms with E-state index in [0.717, 1.165) is 18.5 Å². The number of carbonyl (C=O) groups is 2. The van der Waals surface area contributed by atoms with Crippen molar-refractivity contribution in [2.24, 2.45) is 0 Å². The van der Waals surface area contributed by atoms with Crippen molar-refractivity contribution in [1.82, 2.24) is 0 Å². The summed E-state index contributed by atoms with van der Waals surface area (Å²) in [4.78, 5) is 24.8. The molecule has 0 atom stereocenters. The maximum absolute atomic E-state index is 12.5. The number of anilines is 1. The molecule has 0 unspecified atom stereocenters. The number of nitrogens with one attached hydrogen (secondary N) is 1. The third-order valence-electron chi connectivity index (χ3n) is 5.37. The highest BCUT2D eigenvalue weighted by atomic mass is 16.2. The number of hydrogen-bond acceptors (Lipinski definition) is 2. The number of benzene rings is 2. The summed E-state index contributed by atoms with van der Waals surface area (Å²) in [6.45, 7) is 3.67. The molecule has 0 heterocycles. The summed E-state index contributed by atoms with van der Waals surface area (Å²) in [5.41, 5.74) is 2.30. The number of quaternary nitrogens is 1. The highest BCUT2D eigenvalue weighted by Crippen LogP contribution is 2.13. The second kappa shape index (κ2) is 12.9. The van der Waals surface area contributed by atoms with Gasteiger partial charge in [0.2, 0.25) is 0 Å². The zero-order valence-corrected chi connectivity index (χ0v) is 19.3. The summed E-state index contributed by atoms with van der Waals surface area (Å²) < 4.78 is 0.681. The van der Waals surface area contributed by atoms with E-state index in [9.17, 15) is 9.59 Å². The van der Waals surface area contributed by atoms with E-state index in [-0.39, 0.29) is 11.7 Å². The molecule has 1 N–H and O–H groups in total. The SMILES string of the molecule is CCCCCCCC[N+](C)(C)CC(=O)Nc1ccc(C(=O)/C=C/c2ccccc2)cc1. The maximum Gasteiger partial charge on any atom is 0.279 e. The number of rotatable bonds is 13. The summed E-state index contributed by atoms with van der Waals surface area (Å²) in [5.74, 6) is -0.0579. The van der Waals surface area contributed by atoms with Crippen LogP contribution in [-0.2, 0) is 4.79 Å². The molecule has 2 rings (SSSR count). The van der Waals surface area contributed by atoms with Crippen LogP contribution in [0.5, 0.6) is 0 Å². The Morgan fingerprint density at radius 2 is 1.52 bits per heavy atom. The molecule has 4 nitrogen and oxygen atoms in total. The van der Waals surface area contributed by atoms with Gasteiger partial charge in [0.25, 0.3) is 5.91 Å². The smallest absolute Gasteiger partial charge is 0.279 e. The van der Waals surface area contributed by atoms with Crippen LogP contribution < -0.4 is 5.32 Å². The van der Waals surface area contributed by atoms with Gasteiger partial charge in [-0.1, -0.05) is 69.0 Å². The molecule has 0 saturated carbocycles. The minimum absolute atomic E-state index is 0.000895. The Bertz CT molecular complexity index is 839. The van der Waals surface area contributed by atoms with Crippen molar-refractivity contribution in [1.29, 1.82) is 0 Å². The van der Waals surface area contributed by atoms with Crippen LogP contribution in [0.15, 0.2) is 60.7 Å². The lowest BCUT2D eigenvalue weighted by molar-refractivity contribution is -0.882. The molecular formula is C27H37N2O2+. The highest BCUT2D eigenvalue weighted by Gasteiger charge is 2.19. The van der Waals surface area contributed by atoms with Crippen molar-refractivity contribution in [2.75, 3.05) is 32.5 Å². The van der Waals surface area contributed by atoms with Crippen LogP contribution >= 0.6 is 0 Å². The van der Waals surface area contributed by atoms with Gasteiger partial charge < -0.3 is 9.80 Å². The summed E-state index contributed by atoms with van der Waals surface area (Å²) in [6.07, 6.45) is 10.9. The number of ketones is 1. The Balaban J connectivity index is 1.79. The van der Waals surface area contributed by atoms with Gasteiger partial charge in [0.15, 0.2) is 12.3 Å². The lowest BCUT2D eigenvalue weighted by Crippen LogP contribution is -2.46. The molecule has 166 valence electrons. The molecule has 0 aliphatic heterocycles. The molecule has 0 aliphatic rings. The molecule has 0 spiro atoms. The topological polar surface area (TPSA) is 46.2 Å². The standard InChI is InChI=1S/C27H36N2O2/c1-4-5-6-7-8-12-21-29(2,3)22-27(31)28-25-18-16-24(17-19-25)26(30)20-15-23-13-10-9-11-14-23/h9-11,13-20H,4-8,12,21-22H2,1-3H3/p+1/b20-15+. The number of amides is 1. The van der Waals surface area contributed by atoms with Gasteiger partial charge in [-0.15, -0.1) is 0 Å². The van der Waals surface area contributed by atoms with Crippen molar-refractivity contribution in [2.45, 2.75) is 45.4 Å². The van der Waals surface area contributed by atoms with Crippen molar-refractivity contribution in [3.63, 3.8) is 0 Å². The van der Waals surface area contributed by atoms with Crippen LogP contribution in [0.1, 0.15) is 61.4 Å². The first kappa shape index (κ1) is 24.5. The van der Waals surface area contributed by atoms with Crippen LogP contribution in [0.2, 0.25) is 0 Å². The van der Waals surface area contributed by atoms with E-state index in [1.165, 1.54) is 32.1 Å². The van der Waals surface area contributed by atoms with Crippen molar-refractivity contribution in [3.8, 4) is 0 Å². The van der Waals surface area contributed by atoms with E-state index in [1.807, 2.05) is 36.4 Å². The van der Waals surface area contributed by atoms with Crippen LogP contribution in [0.3, 0.4) is 0 Å². The first-order chi connectivity index (χ1) is 14.9. The zero-order valence-electron chi connectivity index (χ0n) is 19.3. The monoisotopic (exact) mass is 421 g/mol. The number of allylic oxidation sites excluding steroid dienone is 1. The molecule has 2 aromatic carbocycles. The predicted octanol–water partition coefficient (Wildman–Crippen LogP) is 5.96. The van der Waals surface area contributed by atoms with E-state index >= 15 is 0 Å². The van der Waals surface area contributed by atoms with Crippen molar-refractivity contribution in [3.05, 3.63) is 71.8 Å². The molecule has 0 fully saturated rings. The Kier molecular flexibility index (Phi) is 10.2. The molecule has 31 heavy (non-hydrogen) atoms. The fourth-order valence-corrected chi connectivity index (χ4v) is 3.54. The summed E-state index contributed by atoms with van der Waals surface area (Å²) >= 11 is 0. The number of carbonyl (C=O) groups excluding carboxylic acids is 2. The van der Waals surface area contributed by atoms with Gasteiger partial charge in [0, 0.05) is 11.3 Å². The molecule has 0 saturated heterocycles. The van der Waals surface area contributed by atoms with Gasteiger partial charge in [0.05, 0.1) is 20.6 Å². The largest absolute Gasteiger partial charge is 0.321 e. The number of nitrogens with zero attached hydrogens (tertiary/aromatic N) is 1. The average molecular weight is 422 g/mol. The first-order valence-electron chi connectivity index (χ1n) is 11.4. The molecular weight excluding hydrogens is 384 g/mol. The first-order valence-corrected chi connectivity index (χ1v) is 11.4. The average Bonchev–Trinajstić information content (AvgIpc) is 2.75. The zero-order chi connectivity index (χ0) is 22.5. The molecule has 0 radical (unpaired) electrons. The van der Waals surface area contributed by atoms with E-state index < -0.39 is 0 Å². The Hall–Kier alpha value is -2.72. The number of unbranched alkanes of at least 4 members (excludes halogenated alkanes) is 5. The summed E-state index contributed by atoms with van der Waals surface area (Å²) in [7, 11) is 4.21. The van der Waals surface area contributed by atoms with Crippen LogP contribution in [0.4, 0.5) is 5.69 Å². The minimum Gasteiger partial charge on any atom is -0.321 e. The molecule has 2 aromatic rings. The molecule has 0 aliphatic carbocycles. The van der Waals surface area contributed by atoms with Gasteiger partial charge >= 0.3 is 0 Å². The van der Waals surface area contributed by atoms with Gasteiger partial charge in [0.1, 0.15) is 0 Å². The van der Waals surface area contributed by atoms with Gasteiger partial charge in [-0.25, -0.2) is 0 Å². The third kappa shape index (κ3) is 9.75. The number of likely N-dealkylation sites (N-methyl/N-ethyl adjacent to an activating group) is 1. The second-order valence-corrected chi connectivity index (χ2v) is 8.82. The Labute approximate surface area is 187 Å². The maximum atomic E-state index is 12.5. The molecule has 0 aromatic heterocycles.